The van der Waals surface area contributed by atoms with Gasteiger partial charge in [-0.3, -0.25) is 4.79 Å². The van der Waals surface area contributed by atoms with Crippen LogP contribution in [0.4, 0.5) is 11.8 Å². The van der Waals surface area contributed by atoms with Gasteiger partial charge >= 0.3 is 0 Å². The molecule has 0 saturated carbocycles. The van der Waals surface area contributed by atoms with Crippen molar-refractivity contribution in [2.24, 2.45) is 0 Å². The molecule has 0 aliphatic carbocycles. The van der Waals surface area contributed by atoms with Crippen molar-refractivity contribution < 1.29 is 9.53 Å². The van der Waals surface area contributed by atoms with Crippen LogP contribution in [0, 0.1) is 6.92 Å². The van der Waals surface area contributed by atoms with Crippen LogP contribution >= 0.6 is 0 Å². The Balaban J connectivity index is 1.43. The van der Waals surface area contributed by atoms with Crippen molar-refractivity contribution >= 4 is 17.7 Å². The normalized spacial score (nSPS) is 17.1. The van der Waals surface area contributed by atoms with Crippen molar-refractivity contribution in [1.82, 2.24) is 14.9 Å². The Morgan fingerprint density at radius 2 is 1.71 bits per heavy atom. The molecule has 2 aliphatic rings. The first-order valence-corrected chi connectivity index (χ1v) is 9.93. The number of amides is 1. The number of carbonyl (C=O) groups excluding carboxylic acids is 1. The first kappa shape index (κ1) is 18.5. The van der Waals surface area contributed by atoms with Gasteiger partial charge in [0.25, 0.3) is 5.91 Å². The number of piperazine rings is 1. The highest BCUT2D eigenvalue weighted by molar-refractivity contribution is 5.94. The first-order valence-electron chi connectivity index (χ1n) is 9.93. The lowest BCUT2D eigenvalue weighted by Crippen LogP contribution is -2.49. The SMILES string of the molecule is COc1cccc(C(=O)N2CCN(c3cc(C)nc(N4CCCC4)n3)CC2)c1. The van der Waals surface area contributed by atoms with Gasteiger partial charge in [0.2, 0.25) is 5.95 Å². The van der Waals surface area contributed by atoms with E-state index in [0.717, 1.165) is 43.6 Å². The molecule has 1 amide bonds. The number of methoxy groups -OCH3 is 1. The van der Waals surface area contributed by atoms with Gasteiger partial charge in [-0.25, -0.2) is 4.98 Å². The monoisotopic (exact) mass is 381 g/mol. The molecule has 28 heavy (non-hydrogen) atoms. The number of rotatable bonds is 4. The fourth-order valence-corrected chi connectivity index (χ4v) is 3.83. The number of benzene rings is 1. The van der Waals surface area contributed by atoms with Gasteiger partial charge in [0, 0.05) is 56.6 Å². The van der Waals surface area contributed by atoms with Gasteiger partial charge < -0.3 is 19.4 Å². The zero-order valence-corrected chi connectivity index (χ0v) is 16.6. The second kappa shape index (κ2) is 8.04. The Labute approximate surface area is 165 Å². The van der Waals surface area contributed by atoms with Crippen LogP contribution in [0.1, 0.15) is 28.9 Å². The minimum Gasteiger partial charge on any atom is -0.497 e. The first-order chi connectivity index (χ1) is 13.6. The number of aryl methyl sites for hydroxylation is 1. The Bertz CT molecular complexity index is 842. The molecule has 2 aliphatic heterocycles. The van der Waals surface area contributed by atoms with E-state index in [-0.39, 0.29) is 5.91 Å². The second-order valence-corrected chi connectivity index (χ2v) is 7.37. The predicted molar refractivity (Wildman–Crippen MR) is 109 cm³/mol. The summed E-state index contributed by atoms with van der Waals surface area (Å²) in [6, 6.07) is 9.38. The molecule has 1 aromatic carbocycles. The second-order valence-electron chi connectivity index (χ2n) is 7.37. The summed E-state index contributed by atoms with van der Waals surface area (Å²) in [6.45, 7) is 6.98. The minimum absolute atomic E-state index is 0.0511. The standard InChI is InChI=1S/C21H27N5O2/c1-16-14-19(23-21(22-16)26-8-3-4-9-26)24-10-12-25(13-11-24)20(27)17-6-5-7-18(15-17)28-2/h5-7,14-15H,3-4,8-13H2,1-2H3. The van der Waals surface area contributed by atoms with Crippen LogP contribution in [0.5, 0.6) is 5.75 Å². The summed E-state index contributed by atoms with van der Waals surface area (Å²) in [5.41, 5.74) is 1.66. The number of ether oxygens (including phenoxy) is 1. The summed E-state index contributed by atoms with van der Waals surface area (Å²) in [6.07, 6.45) is 2.41. The fraction of sp³-hybridized carbons (Fsp3) is 0.476. The third kappa shape index (κ3) is 3.88. The van der Waals surface area contributed by atoms with Crippen LogP contribution in [-0.2, 0) is 0 Å². The summed E-state index contributed by atoms with van der Waals surface area (Å²) in [7, 11) is 1.61. The zero-order valence-electron chi connectivity index (χ0n) is 16.6. The van der Waals surface area contributed by atoms with Crippen LogP contribution in [0.25, 0.3) is 0 Å². The van der Waals surface area contributed by atoms with Gasteiger partial charge in [-0.15, -0.1) is 0 Å². The number of hydrogen-bond donors (Lipinski definition) is 0. The van der Waals surface area contributed by atoms with Gasteiger partial charge in [0.15, 0.2) is 0 Å². The van der Waals surface area contributed by atoms with Crippen LogP contribution in [0.15, 0.2) is 30.3 Å². The van der Waals surface area contributed by atoms with Gasteiger partial charge in [0.05, 0.1) is 7.11 Å². The highest BCUT2D eigenvalue weighted by Crippen LogP contribution is 2.22. The molecular formula is C21H27N5O2. The van der Waals surface area contributed by atoms with E-state index in [1.54, 1.807) is 13.2 Å². The van der Waals surface area contributed by atoms with Crippen molar-refractivity contribution in [1.29, 1.82) is 0 Å². The smallest absolute Gasteiger partial charge is 0.254 e. The molecule has 148 valence electrons. The van der Waals surface area contributed by atoms with Crippen LogP contribution in [0.3, 0.4) is 0 Å². The summed E-state index contributed by atoms with van der Waals surface area (Å²) < 4.78 is 5.23. The molecule has 0 bridgehead atoms. The lowest BCUT2D eigenvalue weighted by atomic mass is 10.1. The van der Waals surface area contributed by atoms with Crippen LogP contribution in [-0.4, -0.2) is 67.2 Å². The summed E-state index contributed by atoms with van der Waals surface area (Å²) in [4.78, 5) is 28.7. The molecule has 2 aromatic rings. The molecule has 4 rings (SSSR count). The Hall–Kier alpha value is -2.83. The molecule has 3 heterocycles. The Kier molecular flexibility index (Phi) is 5.32. The van der Waals surface area contributed by atoms with Gasteiger partial charge in [-0.2, -0.15) is 4.98 Å². The van der Waals surface area contributed by atoms with Gasteiger partial charge in [-0.1, -0.05) is 6.07 Å². The van der Waals surface area contributed by atoms with E-state index in [1.165, 1.54) is 12.8 Å². The van der Waals surface area contributed by atoms with E-state index in [9.17, 15) is 4.79 Å². The average Bonchev–Trinajstić information content (AvgIpc) is 3.28. The average molecular weight is 381 g/mol. The molecule has 7 nitrogen and oxygen atoms in total. The van der Waals surface area contributed by atoms with E-state index in [1.807, 2.05) is 36.1 Å². The molecule has 1 aromatic heterocycles. The Morgan fingerprint density at radius 3 is 2.43 bits per heavy atom. The number of anilines is 2. The molecule has 2 fully saturated rings. The number of nitrogens with zero attached hydrogens (tertiary/aromatic N) is 5. The minimum atomic E-state index is 0.0511. The molecule has 2 saturated heterocycles. The van der Waals surface area contributed by atoms with E-state index >= 15 is 0 Å². The van der Waals surface area contributed by atoms with Crippen molar-refractivity contribution in [3.63, 3.8) is 0 Å². The maximum Gasteiger partial charge on any atom is 0.254 e. The van der Waals surface area contributed by atoms with E-state index in [2.05, 4.69) is 14.8 Å². The molecule has 7 heteroatoms. The molecule has 0 spiro atoms. The van der Waals surface area contributed by atoms with Crippen molar-refractivity contribution in [2.45, 2.75) is 19.8 Å². The van der Waals surface area contributed by atoms with Gasteiger partial charge in [0.1, 0.15) is 11.6 Å². The van der Waals surface area contributed by atoms with Crippen molar-refractivity contribution in [3.05, 3.63) is 41.6 Å². The van der Waals surface area contributed by atoms with Crippen molar-refractivity contribution in [2.75, 3.05) is 56.2 Å². The quantitative estimate of drug-likeness (QED) is 0.810. The largest absolute Gasteiger partial charge is 0.497 e. The van der Waals surface area contributed by atoms with Crippen molar-refractivity contribution in [3.8, 4) is 5.75 Å². The molecule has 0 unspecified atom stereocenters. The highest BCUT2D eigenvalue weighted by Gasteiger charge is 2.24. The summed E-state index contributed by atoms with van der Waals surface area (Å²) in [5, 5.41) is 0. The third-order valence-electron chi connectivity index (χ3n) is 5.43. The van der Waals surface area contributed by atoms with E-state index in [4.69, 9.17) is 9.72 Å². The van der Waals surface area contributed by atoms with E-state index < -0.39 is 0 Å². The van der Waals surface area contributed by atoms with E-state index in [0.29, 0.717) is 24.4 Å². The Morgan fingerprint density at radius 1 is 0.964 bits per heavy atom. The number of aromatic nitrogens is 2. The number of hydrogen-bond acceptors (Lipinski definition) is 6. The molecule has 0 atom stereocenters. The van der Waals surface area contributed by atoms with Gasteiger partial charge in [-0.05, 0) is 38.0 Å². The highest BCUT2D eigenvalue weighted by atomic mass is 16.5. The molecular weight excluding hydrogens is 354 g/mol. The van der Waals surface area contributed by atoms with Crippen LogP contribution < -0.4 is 14.5 Å². The molecule has 0 radical (unpaired) electrons. The third-order valence-corrected chi connectivity index (χ3v) is 5.43. The molecule has 0 N–H and O–H groups in total. The summed E-state index contributed by atoms with van der Waals surface area (Å²) >= 11 is 0. The lowest BCUT2D eigenvalue weighted by molar-refractivity contribution is 0.0746. The number of carbonyl (C=O) groups is 1. The fourth-order valence-electron chi connectivity index (χ4n) is 3.83. The topological polar surface area (TPSA) is 61.8 Å². The maximum absolute atomic E-state index is 12.8. The predicted octanol–water partition coefficient (Wildman–Crippen LogP) is 2.36. The summed E-state index contributed by atoms with van der Waals surface area (Å²) in [5.74, 6) is 2.55. The maximum atomic E-state index is 12.8. The zero-order chi connectivity index (χ0) is 19.5. The van der Waals surface area contributed by atoms with Crippen LogP contribution in [0.2, 0.25) is 0 Å². The lowest BCUT2D eigenvalue weighted by Gasteiger charge is -2.35.